The topological polar surface area (TPSA) is 63.2 Å². The van der Waals surface area contributed by atoms with Gasteiger partial charge in [-0.25, -0.2) is 0 Å². The van der Waals surface area contributed by atoms with E-state index in [1.54, 1.807) is 6.08 Å². The van der Waals surface area contributed by atoms with E-state index < -0.39 is 23.9 Å². The SMILES string of the molecule is Cc1cccc(C)c1NC(=O)C(=O)CC(=O)C=Cc1ccccc1. The van der Waals surface area contributed by atoms with Crippen molar-refractivity contribution in [2.24, 2.45) is 0 Å². The molecule has 0 fully saturated rings. The minimum absolute atomic E-state index is 0.402. The van der Waals surface area contributed by atoms with Gasteiger partial charge in [-0.1, -0.05) is 54.6 Å². The molecule has 0 radical (unpaired) electrons. The summed E-state index contributed by atoms with van der Waals surface area (Å²) in [6, 6.07) is 14.8. The molecule has 0 heterocycles. The van der Waals surface area contributed by atoms with Crippen LogP contribution >= 0.6 is 0 Å². The molecule has 0 bridgehead atoms. The van der Waals surface area contributed by atoms with Gasteiger partial charge in [-0.2, -0.15) is 0 Å². The van der Waals surface area contributed by atoms with Crippen molar-refractivity contribution < 1.29 is 14.4 Å². The zero-order valence-electron chi connectivity index (χ0n) is 13.7. The molecule has 0 aliphatic rings. The molecular weight excluding hydrogens is 302 g/mol. The summed E-state index contributed by atoms with van der Waals surface area (Å²) in [6.07, 6.45) is 2.50. The van der Waals surface area contributed by atoms with Gasteiger partial charge >= 0.3 is 0 Å². The van der Waals surface area contributed by atoms with Crippen molar-refractivity contribution in [3.05, 3.63) is 71.3 Å². The molecule has 0 saturated heterocycles. The molecule has 0 aliphatic heterocycles. The zero-order chi connectivity index (χ0) is 17.5. The number of amides is 1. The number of allylic oxidation sites excluding steroid dienone is 1. The number of para-hydroxylation sites is 1. The monoisotopic (exact) mass is 321 g/mol. The molecule has 0 spiro atoms. The third kappa shape index (κ3) is 4.74. The van der Waals surface area contributed by atoms with Gasteiger partial charge in [0, 0.05) is 5.69 Å². The summed E-state index contributed by atoms with van der Waals surface area (Å²) in [4.78, 5) is 35.7. The molecule has 2 rings (SSSR count). The van der Waals surface area contributed by atoms with Crippen molar-refractivity contribution in [3.63, 3.8) is 0 Å². The fourth-order valence-electron chi connectivity index (χ4n) is 2.25. The van der Waals surface area contributed by atoms with E-state index in [9.17, 15) is 14.4 Å². The van der Waals surface area contributed by atoms with Crippen molar-refractivity contribution in [2.45, 2.75) is 20.3 Å². The number of carbonyl (C=O) groups excluding carboxylic acids is 3. The van der Waals surface area contributed by atoms with Crippen molar-refractivity contribution in [2.75, 3.05) is 5.32 Å². The summed E-state index contributed by atoms with van der Waals surface area (Å²) in [7, 11) is 0. The maximum absolute atomic E-state index is 12.0. The Morgan fingerprint density at radius 3 is 2.17 bits per heavy atom. The van der Waals surface area contributed by atoms with Crippen LogP contribution in [-0.2, 0) is 14.4 Å². The number of Topliss-reactive ketones (excluding diaryl/α,β-unsaturated/α-hetero) is 1. The highest BCUT2D eigenvalue weighted by Gasteiger charge is 2.18. The van der Waals surface area contributed by atoms with Crippen LogP contribution in [0.2, 0.25) is 0 Å². The van der Waals surface area contributed by atoms with Crippen LogP contribution in [-0.4, -0.2) is 17.5 Å². The average Bonchev–Trinajstić information content (AvgIpc) is 2.57. The maximum atomic E-state index is 12.0. The van der Waals surface area contributed by atoms with E-state index in [-0.39, 0.29) is 0 Å². The second kappa shape index (κ2) is 8.02. The number of anilines is 1. The second-order valence-electron chi connectivity index (χ2n) is 5.53. The Morgan fingerprint density at radius 2 is 1.54 bits per heavy atom. The normalized spacial score (nSPS) is 10.6. The Morgan fingerprint density at radius 1 is 0.917 bits per heavy atom. The van der Waals surface area contributed by atoms with Gasteiger partial charge in [0.2, 0.25) is 5.78 Å². The first kappa shape index (κ1) is 17.3. The third-order valence-corrected chi connectivity index (χ3v) is 3.57. The summed E-state index contributed by atoms with van der Waals surface area (Å²) >= 11 is 0. The van der Waals surface area contributed by atoms with Gasteiger partial charge in [-0.15, -0.1) is 0 Å². The molecule has 2 aromatic carbocycles. The molecule has 0 unspecified atom stereocenters. The Kier molecular flexibility index (Phi) is 5.79. The minimum atomic E-state index is -0.770. The van der Waals surface area contributed by atoms with E-state index >= 15 is 0 Å². The van der Waals surface area contributed by atoms with Gasteiger partial charge in [-0.05, 0) is 36.6 Å². The number of hydrogen-bond acceptors (Lipinski definition) is 3. The number of nitrogens with one attached hydrogen (secondary N) is 1. The minimum Gasteiger partial charge on any atom is -0.319 e. The smallest absolute Gasteiger partial charge is 0.292 e. The van der Waals surface area contributed by atoms with Crippen LogP contribution in [0.5, 0.6) is 0 Å². The standard InChI is InChI=1S/C20H19NO3/c1-14-7-6-8-15(2)19(14)21-20(24)18(23)13-17(22)12-11-16-9-4-3-5-10-16/h3-12H,13H2,1-2H3,(H,21,24). The Bertz CT molecular complexity index is 772. The van der Waals surface area contributed by atoms with Crippen molar-refractivity contribution in [3.8, 4) is 0 Å². The number of aryl methyl sites for hydroxylation is 2. The first-order valence-electron chi connectivity index (χ1n) is 7.63. The first-order chi connectivity index (χ1) is 11.5. The van der Waals surface area contributed by atoms with Gasteiger partial charge in [0.1, 0.15) is 0 Å². The fraction of sp³-hybridized carbons (Fsp3) is 0.150. The molecule has 122 valence electrons. The molecule has 0 atom stereocenters. The number of hydrogen-bond donors (Lipinski definition) is 1. The maximum Gasteiger partial charge on any atom is 0.292 e. The molecule has 4 heteroatoms. The van der Waals surface area contributed by atoms with Crippen LogP contribution in [0.25, 0.3) is 6.08 Å². The largest absolute Gasteiger partial charge is 0.319 e. The predicted octanol–water partition coefficient (Wildman–Crippen LogP) is 3.48. The predicted molar refractivity (Wildman–Crippen MR) is 94.7 cm³/mol. The molecular formula is C20H19NO3. The van der Waals surface area contributed by atoms with E-state index in [1.807, 2.05) is 62.4 Å². The summed E-state index contributed by atoms with van der Waals surface area (Å²) < 4.78 is 0. The van der Waals surface area contributed by atoms with Gasteiger partial charge in [0.25, 0.3) is 5.91 Å². The molecule has 2 aromatic rings. The molecule has 1 N–H and O–H groups in total. The van der Waals surface area contributed by atoms with Crippen molar-refractivity contribution >= 4 is 29.2 Å². The van der Waals surface area contributed by atoms with Gasteiger partial charge < -0.3 is 5.32 Å². The van der Waals surface area contributed by atoms with Crippen LogP contribution in [0.4, 0.5) is 5.69 Å². The van der Waals surface area contributed by atoms with Crippen LogP contribution in [0.1, 0.15) is 23.1 Å². The number of carbonyl (C=O) groups is 3. The van der Waals surface area contributed by atoms with Gasteiger partial charge in [-0.3, -0.25) is 14.4 Å². The van der Waals surface area contributed by atoms with E-state index in [4.69, 9.17) is 0 Å². The number of rotatable bonds is 6. The van der Waals surface area contributed by atoms with Crippen LogP contribution < -0.4 is 5.32 Å². The Hall–Kier alpha value is -3.01. The Labute approximate surface area is 141 Å². The summed E-state index contributed by atoms with van der Waals surface area (Å²) in [5.74, 6) is -1.92. The second-order valence-corrected chi connectivity index (χ2v) is 5.53. The van der Waals surface area contributed by atoms with Crippen molar-refractivity contribution in [1.82, 2.24) is 0 Å². The van der Waals surface area contributed by atoms with E-state index in [0.29, 0.717) is 5.69 Å². The lowest BCUT2D eigenvalue weighted by molar-refractivity contribution is -0.136. The highest BCUT2D eigenvalue weighted by molar-refractivity contribution is 6.43. The van der Waals surface area contributed by atoms with Gasteiger partial charge in [0.05, 0.1) is 6.42 Å². The molecule has 24 heavy (non-hydrogen) atoms. The highest BCUT2D eigenvalue weighted by atomic mass is 16.2. The Balaban J connectivity index is 1.95. The molecule has 0 aromatic heterocycles. The van der Waals surface area contributed by atoms with Crippen LogP contribution in [0, 0.1) is 13.8 Å². The first-order valence-corrected chi connectivity index (χ1v) is 7.63. The number of benzene rings is 2. The highest BCUT2D eigenvalue weighted by Crippen LogP contribution is 2.19. The fourth-order valence-corrected chi connectivity index (χ4v) is 2.25. The summed E-state index contributed by atoms with van der Waals surface area (Å²) in [6.45, 7) is 3.70. The molecule has 1 amide bonds. The van der Waals surface area contributed by atoms with E-state index in [0.717, 1.165) is 16.7 Å². The van der Waals surface area contributed by atoms with Crippen LogP contribution in [0.15, 0.2) is 54.6 Å². The molecule has 4 nitrogen and oxygen atoms in total. The lowest BCUT2D eigenvalue weighted by atomic mass is 10.1. The molecule has 0 saturated carbocycles. The summed E-state index contributed by atoms with van der Waals surface area (Å²) in [5.41, 5.74) is 3.21. The van der Waals surface area contributed by atoms with Crippen LogP contribution in [0.3, 0.4) is 0 Å². The molecule has 0 aliphatic carbocycles. The lowest BCUT2D eigenvalue weighted by Crippen LogP contribution is -2.25. The zero-order valence-corrected chi connectivity index (χ0v) is 13.7. The van der Waals surface area contributed by atoms with E-state index in [2.05, 4.69) is 5.32 Å². The third-order valence-electron chi connectivity index (χ3n) is 3.57. The van der Waals surface area contributed by atoms with E-state index in [1.165, 1.54) is 6.08 Å². The van der Waals surface area contributed by atoms with Gasteiger partial charge in [0.15, 0.2) is 5.78 Å². The lowest BCUT2D eigenvalue weighted by Gasteiger charge is -2.10. The van der Waals surface area contributed by atoms with Crippen molar-refractivity contribution in [1.29, 1.82) is 0 Å². The number of ketones is 2. The summed E-state index contributed by atoms with van der Waals surface area (Å²) in [5, 5.41) is 2.59. The quantitative estimate of drug-likeness (QED) is 0.503. The average molecular weight is 321 g/mol.